The van der Waals surface area contributed by atoms with Gasteiger partial charge in [-0.05, 0) is 95.6 Å². The van der Waals surface area contributed by atoms with Crippen LogP contribution >= 0.6 is 0 Å². The predicted molar refractivity (Wildman–Crippen MR) is 182 cm³/mol. The number of methoxy groups -OCH3 is 2. The molecule has 5 atom stereocenters. The number of aryl methyl sites for hydroxylation is 1. The number of nitrogens with zero attached hydrogens (tertiary/aromatic N) is 1. The molecule has 44 heavy (non-hydrogen) atoms. The van der Waals surface area contributed by atoms with Crippen LogP contribution in [0.1, 0.15) is 99.1 Å². The fourth-order valence-electron chi connectivity index (χ4n) is 8.74. The molecule has 1 aliphatic carbocycles. The largest absolute Gasteiger partial charge is 0.497 e. The molecule has 0 heterocycles. The van der Waals surface area contributed by atoms with Gasteiger partial charge in [-0.2, -0.15) is 8.42 Å². The van der Waals surface area contributed by atoms with Gasteiger partial charge < -0.3 is 9.47 Å². The number of benzene rings is 2. The van der Waals surface area contributed by atoms with Gasteiger partial charge in [0.1, 0.15) is 11.5 Å². The topological polar surface area (TPSA) is 64.8 Å². The second-order valence-electron chi connectivity index (χ2n) is 13.7. The number of hydrogen-bond donors (Lipinski definition) is 0. The summed E-state index contributed by atoms with van der Waals surface area (Å²) in [5.74, 6) is 4.50. The molecule has 0 N–H and O–H groups in total. The van der Waals surface area contributed by atoms with Crippen LogP contribution in [0.4, 0.5) is 5.69 Å². The average Bonchev–Trinajstić information content (AvgIpc) is 3.01. The lowest BCUT2D eigenvalue weighted by molar-refractivity contribution is -0.680. The molecule has 246 valence electrons. The fraction of sp³-hybridized carbons (Fsp3) is 0.649. The van der Waals surface area contributed by atoms with Gasteiger partial charge in [0.2, 0.25) is 5.71 Å². The first-order valence-electron chi connectivity index (χ1n) is 16.4. The summed E-state index contributed by atoms with van der Waals surface area (Å²) in [6, 6.07) is 13.3. The predicted octanol–water partition coefficient (Wildman–Crippen LogP) is 9.08. The van der Waals surface area contributed by atoms with Crippen molar-refractivity contribution in [3.8, 4) is 11.5 Å². The number of ether oxygens (including phenoxy) is 2. The molecule has 6 nitrogen and oxygen atoms in total. The van der Waals surface area contributed by atoms with Crippen LogP contribution in [-0.2, 0) is 20.8 Å². The standard InChI is InChI=1S/C37H58NO5S/c1-13-22-36(9,14-2)37(28(6)26(4)25(3)27(5)29(37)7)23-21-31-24-34(42-11)19-20-35(31)30(8)38(43-44(12,39)40)32-15-17-33(41-10)18-16-32/h15-20,24-29H,13-14,21-23H2,1-12H3/q+1/b38-30-. The van der Waals surface area contributed by atoms with Gasteiger partial charge in [0.25, 0.3) is 5.69 Å². The molecule has 0 aromatic heterocycles. The molecule has 0 aliphatic heterocycles. The summed E-state index contributed by atoms with van der Waals surface area (Å²) in [5.41, 5.74) is 3.69. The van der Waals surface area contributed by atoms with Crippen molar-refractivity contribution in [3.63, 3.8) is 0 Å². The third-order valence-electron chi connectivity index (χ3n) is 11.9. The molecule has 0 radical (unpaired) electrons. The van der Waals surface area contributed by atoms with Crippen molar-refractivity contribution in [2.75, 3.05) is 20.5 Å². The Bertz CT molecular complexity index is 1380. The maximum atomic E-state index is 12.5. The average molecular weight is 629 g/mol. The van der Waals surface area contributed by atoms with Crippen molar-refractivity contribution in [2.24, 2.45) is 40.4 Å². The highest BCUT2D eigenvalue weighted by molar-refractivity contribution is 7.85. The van der Waals surface area contributed by atoms with Gasteiger partial charge >= 0.3 is 10.1 Å². The first kappa shape index (κ1) is 35.9. The van der Waals surface area contributed by atoms with Crippen molar-refractivity contribution in [1.82, 2.24) is 0 Å². The molecule has 0 saturated heterocycles. The Labute approximate surface area is 268 Å². The Morgan fingerprint density at radius 2 is 1.43 bits per heavy atom. The first-order chi connectivity index (χ1) is 20.6. The highest BCUT2D eigenvalue weighted by Gasteiger charge is 2.58. The first-order valence-corrected chi connectivity index (χ1v) is 18.3. The van der Waals surface area contributed by atoms with Crippen LogP contribution in [0.3, 0.4) is 0 Å². The van der Waals surface area contributed by atoms with E-state index in [2.05, 4.69) is 61.5 Å². The van der Waals surface area contributed by atoms with E-state index in [9.17, 15) is 8.42 Å². The lowest BCUT2D eigenvalue weighted by Crippen LogP contribution is -2.58. The SMILES string of the molecule is CCCC(C)(CC)C1(CCc2cc(OC)ccc2/C(C)=[N+](\OS(C)(=O)=O)c2ccc(OC)cc2)C(C)C(C)C(C)C(C)C1C. The highest BCUT2D eigenvalue weighted by Crippen LogP contribution is 2.65. The summed E-state index contributed by atoms with van der Waals surface area (Å²) in [6.45, 7) is 21.6. The molecule has 0 spiro atoms. The zero-order chi connectivity index (χ0) is 33.0. The molecule has 1 saturated carbocycles. The van der Waals surface area contributed by atoms with Crippen molar-refractivity contribution < 1.29 is 26.9 Å². The molecule has 0 amide bonds. The van der Waals surface area contributed by atoms with Crippen molar-refractivity contribution in [1.29, 1.82) is 0 Å². The molecule has 2 aromatic carbocycles. The molecule has 3 rings (SSSR count). The Hall–Kier alpha value is -2.54. The highest BCUT2D eigenvalue weighted by atomic mass is 32.2. The molecule has 7 heteroatoms. The van der Waals surface area contributed by atoms with E-state index in [1.54, 1.807) is 38.5 Å². The normalized spacial score (nSPS) is 27.7. The summed E-state index contributed by atoms with van der Waals surface area (Å²) in [5, 5.41) is 0. The second kappa shape index (κ2) is 14.3. The van der Waals surface area contributed by atoms with Crippen LogP contribution < -0.4 is 9.47 Å². The summed E-state index contributed by atoms with van der Waals surface area (Å²) in [6.07, 6.45) is 6.48. The second-order valence-corrected chi connectivity index (χ2v) is 15.3. The van der Waals surface area contributed by atoms with E-state index in [0.717, 1.165) is 42.4 Å². The summed E-state index contributed by atoms with van der Waals surface area (Å²) in [7, 11) is -0.519. The van der Waals surface area contributed by atoms with Gasteiger partial charge in [0.15, 0.2) is 0 Å². The van der Waals surface area contributed by atoms with Crippen LogP contribution in [0, 0.1) is 40.4 Å². The van der Waals surface area contributed by atoms with E-state index in [1.165, 1.54) is 17.6 Å². The lowest BCUT2D eigenvalue weighted by Gasteiger charge is -2.64. The third kappa shape index (κ3) is 6.98. The Morgan fingerprint density at radius 1 is 0.886 bits per heavy atom. The number of hydrogen-bond acceptors (Lipinski definition) is 5. The number of rotatable bonds is 13. The maximum absolute atomic E-state index is 12.5. The molecular weight excluding hydrogens is 570 g/mol. The Kier molecular flexibility index (Phi) is 11.6. The zero-order valence-corrected chi connectivity index (χ0v) is 30.2. The van der Waals surface area contributed by atoms with Crippen LogP contribution in [0.25, 0.3) is 0 Å². The van der Waals surface area contributed by atoms with E-state index >= 15 is 0 Å². The monoisotopic (exact) mass is 628 g/mol. The van der Waals surface area contributed by atoms with Crippen molar-refractivity contribution >= 4 is 21.5 Å². The smallest absolute Gasteiger partial charge is 0.364 e. The van der Waals surface area contributed by atoms with Gasteiger partial charge in [-0.3, -0.25) is 0 Å². The van der Waals surface area contributed by atoms with Crippen LogP contribution in [0.2, 0.25) is 0 Å². The van der Waals surface area contributed by atoms with E-state index in [-0.39, 0.29) is 10.8 Å². The van der Waals surface area contributed by atoms with Gasteiger partial charge in [-0.1, -0.05) is 68.2 Å². The van der Waals surface area contributed by atoms with Crippen molar-refractivity contribution in [2.45, 2.75) is 94.4 Å². The van der Waals surface area contributed by atoms with E-state index in [1.807, 2.05) is 19.1 Å². The lowest BCUT2D eigenvalue weighted by atomic mass is 9.41. The molecule has 1 aliphatic rings. The quantitative estimate of drug-likeness (QED) is 0.126. The molecule has 2 aromatic rings. The van der Waals surface area contributed by atoms with Crippen LogP contribution in [0.15, 0.2) is 42.5 Å². The van der Waals surface area contributed by atoms with Crippen LogP contribution in [0.5, 0.6) is 11.5 Å². The molecule has 1 fully saturated rings. The van der Waals surface area contributed by atoms with Gasteiger partial charge in [-0.25, -0.2) is 0 Å². The Balaban J connectivity index is 2.23. The summed E-state index contributed by atoms with van der Waals surface area (Å²) < 4.78 is 43.0. The molecule has 5 unspecified atom stereocenters. The van der Waals surface area contributed by atoms with E-state index in [4.69, 9.17) is 13.8 Å². The molecule has 0 bridgehead atoms. The summed E-state index contributed by atoms with van der Waals surface area (Å²) in [4.78, 5) is 0. The minimum atomic E-state index is -3.82. The van der Waals surface area contributed by atoms with Gasteiger partial charge in [-0.15, -0.1) is 4.28 Å². The summed E-state index contributed by atoms with van der Waals surface area (Å²) >= 11 is 0. The third-order valence-corrected chi connectivity index (χ3v) is 12.3. The Morgan fingerprint density at radius 3 is 1.91 bits per heavy atom. The fourth-order valence-corrected chi connectivity index (χ4v) is 9.21. The van der Waals surface area contributed by atoms with E-state index < -0.39 is 10.1 Å². The van der Waals surface area contributed by atoms with E-state index in [0.29, 0.717) is 46.7 Å². The van der Waals surface area contributed by atoms with Crippen LogP contribution in [-0.4, -0.2) is 39.3 Å². The van der Waals surface area contributed by atoms with Gasteiger partial charge in [0, 0.05) is 29.4 Å². The van der Waals surface area contributed by atoms with Crippen molar-refractivity contribution in [3.05, 3.63) is 53.6 Å². The zero-order valence-electron chi connectivity index (χ0n) is 29.4. The van der Waals surface area contributed by atoms with Gasteiger partial charge in [0.05, 0.1) is 20.5 Å². The minimum Gasteiger partial charge on any atom is -0.497 e. The molecular formula is C37H58NO5S+. The maximum Gasteiger partial charge on any atom is 0.364 e. The minimum absolute atomic E-state index is 0.135.